The molecule has 0 aromatic rings. The van der Waals surface area contributed by atoms with E-state index in [1.165, 1.54) is 0 Å². The molecule has 1 fully saturated rings. The van der Waals surface area contributed by atoms with Crippen LogP contribution in [0.25, 0.3) is 0 Å². The van der Waals surface area contributed by atoms with Gasteiger partial charge in [-0.1, -0.05) is 0 Å². The zero-order chi connectivity index (χ0) is 12.4. The summed E-state index contributed by atoms with van der Waals surface area (Å²) in [4.78, 5) is 11.6. The Kier molecular flexibility index (Phi) is 3.92. The molecule has 1 aliphatic carbocycles. The molecule has 2 nitrogen and oxygen atoms in total. The number of nitrogens with one attached hydrogen (secondary N) is 1. The molecule has 0 radical (unpaired) electrons. The van der Waals surface area contributed by atoms with Crippen molar-refractivity contribution in [2.75, 3.05) is 0 Å². The summed E-state index contributed by atoms with van der Waals surface area (Å²) in [6.45, 7) is 5.75. The van der Waals surface area contributed by atoms with Gasteiger partial charge in [0.25, 0.3) is 0 Å². The number of hydrogen-bond acceptors (Lipinski definition) is 1. The lowest BCUT2D eigenvalue weighted by molar-refractivity contribution is -0.124. The van der Waals surface area contributed by atoms with Crippen LogP contribution >= 0.6 is 0 Å². The quantitative estimate of drug-likeness (QED) is 0.780. The predicted molar refractivity (Wildman–Crippen MR) is 59.4 cm³/mol. The monoisotopic (exact) mass is 233 g/mol. The molecule has 1 saturated carbocycles. The lowest BCUT2D eigenvalue weighted by Gasteiger charge is -2.29. The van der Waals surface area contributed by atoms with E-state index in [1.54, 1.807) is 0 Å². The topological polar surface area (TPSA) is 29.1 Å². The SMILES string of the molecule is CC(C)(C)NC(=O)CC1CCC(F)(F)CC1. The van der Waals surface area contributed by atoms with Crippen molar-refractivity contribution in [3.63, 3.8) is 0 Å². The average molecular weight is 233 g/mol. The number of carbonyl (C=O) groups is 1. The second kappa shape index (κ2) is 4.68. The average Bonchev–Trinajstić information content (AvgIpc) is 2.05. The van der Waals surface area contributed by atoms with Crippen molar-refractivity contribution >= 4 is 5.91 Å². The molecule has 94 valence electrons. The summed E-state index contributed by atoms with van der Waals surface area (Å²) in [6, 6.07) is 0. The summed E-state index contributed by atoms with van der Waals surface area (Å²) in [5.41, 5.74) is -0.240. The van der Waals surface area contributed by atoms with Gasteiger partial charge in [0.15, 0.2) is 0 Å². The minimum absolute atomic E-state index is 0.0253. The Labute approximate surface area is 95.8 Å². The van der Waals surface area contributed by atoms with Gasteiger partial charge in [0.1, 0.15) is 0 Å². The first-order chi connectivity index (χ1) is 7.18. The summed E-state index contributed by atoms with van der Waals surface area (Å²) in [6.07, 6.45) is 1.17. The van der Waals surface area contributed by atoms with Crippen molar-refractivity contribution in [1.82, 2.24) is 5.32 Å². The van der Waals surface area contributed by atoms with Crippen LogP contribution in [0.3, 0.4) is 0 Å². The second-order valence-corrected chi connectivity index (χ2v) is 5.80. The van der Waals surface area contributed by atoms with Gasteiger partial charge in [-0.15, -0.1) is 0 Å². The van der Waals surface area contributed by atoms with Gasteiger partial charge < -0.3 is 5.32 Å². The van der Waals surface area contributed by atoms with E-state index in [0.717, 1.165) is 0 Å². The van der Waals surface area contributed by atoms with E-state index in [0.29, 0.717) is 19.3 Å². The van der Waals surface area contributed by atoms with Gasteiger partial charge >= 0.3 is 0 Å². The van der Waals surface area contributed by atoms with Crippen LogP contribution in [0, 0.1) is 5.92 Å². The van der Waals surface area contributed by atoms with Crippen molar-refractivity contribution in [1.29, 1.82) is 0 Å². The molecular formula is C12H21F2NO. The van der Waals surface area contributed by atoms with Crippen LogP contribution in [0.1, 0.15) is 52.9 Å². The fourth-order valence-corrected chi connectivity index (χ4v) is 2.04. The third kappa shape index (κ3) is 4.90. The molecule has 0 heterocycles. The molecule has 0 atom stereocenters. The Bertz CT molecular complexity index is 248. The second-order valence-electron chi connectivity index (χ2n) is 5.80. The van der Waals surface area contributed by atoms with Gasteiger partial charge in [0, 0.05) is 24.8 Å². The minimum Gasteiger partial charge on any atom is -0.352 e. The molecule has 0 bridgehead atoms. The van der Waals surface area contributed by atoms with Crippen LogP contribution in [0.5, 0.6) is 0 Å². The third-order valence-corrected chi connectivity index (χ3v) is 2.83. The summed E-state index contributed by atoms with van der Waals surface area (Å²) in [5, 5.41) is 2.86. The molecule has 0 saturated heterocycles. The summed E-state index contributed by atoms with van der Waals surface area (Å²) < 4.78 is 25.8. The van der Waals surface area contributed by atoms with Crippen molar-refractivity contribution < 1.29 is 13.6 Å². The molecule has 0 aromatic carbocycles. The van der Waals surface area contributed by atoms with Gasteiger partial charge in [-0.2, -0.15) is 0 Å². The highest BCUT2D eigenvalue weighted by molar-refractivity contribution is 5.76. The maximum absolute atomic E-state index is 12.9. The van der Waals surface area contributed by atoms with E-state index in [4.69, 9.17) is 0 Å². The Morgan fingerprint density at radius 2 is 1.81 bits per heavy atom. The number of halogens is 2. The number of alkyl halides is 2. The van der Waals surface area contributed by atoms with Crippen molar-refractivity contribution in [2.24, 2.45) is 5.92 Å². The maximum atomic E-state index is 12.9. The fraction of sp³-hybridized carbons (Fsp3) is 0.917. The standard InChI is InChI=1S/C12H21F2NO/c1-11(2,3)15-10(16)8-9-4-6-12(13,14)7-5-9/h9H,4-8H2,1-3H3,(H,15,16). The van der Waals surface area contributed by atoms with Gasteiger partial charge in [0.2, 0.25) is 11.8 Å². The Balaban J connectivity index is 2.32. The molecule has 1 rings (SSSR count). The molecular weight excluding hydrogens is 212 g/mol. The largest absolute Gasteiger partial charge is 0.352 e. The van der Waals surface area contributed by atoms with Crippen LogP contribution in [0.4, 0.5) is 8.78 Å². The normalized spacial score (nSPS) is 21.8. The highest BCUT2D eigenvalue weighted by Crippen LogP contribution is 2.37. The Morgan fingerprint density at radius 1 is 1.31 bits per heavy atom. The van der Waals surface area contributed by atoms with E-state index >= 15 is 0 Å². The zero-order valence-corrected chi connectivity index (χ0v) is 10.3. The molecule has 1 amide bonds. The number of amides is 1. The molecule has 1 N–H and O–H groups in total. The Morgan fingerprint density at radius 3 is 2.25 bits per heavy atom. The first-order valence-corrected chi connectivity index (χ1v) is 5.87. The lowest BCUT2D eigenvalue weighted by atomic mass is 9.84. The summed E-state index contributed by atoms with van der Waals surface area (Å²) in [5.74, 6) is -2.40. The highest BCUT2D eigenvalue weighted by atomic mass is 19.3. The van der Waals surface area contributed by atoms with Crippen LogP contribution in [0.2, 0.25) is 0 Å². The Hall–Kier alpha value is -0.670. The molecule has 4 heteroatoms. The van der Waals surface area contributed by atoms with Crippen LogP contribution in [-0.2, 0) is 4.79 Å². The number of carbonyl (C=O) groups excluding carboxylic acids is 1. The zero-order valence-electron chi connectivity index (χ0n) is 10.3. The summed E-state index contributed by atoms with van der Waals surface area (Å²) in [7, 11) is 0. The number of hydrogen-bond donors (Lipinski definition) is 1. The minimum atomic E-state index is -2.50. The van der Waals surface area contributed by atoms with E-state index in [2.05, 4.69) is 5.32 Å². The van der Waals surface area contributed by atoms with E-state index in [9.17, 15) is 13.6 Å². The first-order valence-electron chi connectivity index (χ1n) is 5.87. The third-order valence-electron chi connectivity index (χ3n) is 2.83. The molecule has 0 spiro atoms. The van der Waals surface area contributed by atoms with Crippen LogP contribution < -0.4 is 5.32 Å². The van der Waals surface area contributed by atoms with Crippen molar-refractivity contribution in [3.8, 4) is 0 Å². The lowest BCUT2D eigenvalue weighted by Crippen LogP contribution is -2.41. The summed E-state index contributed by atoms with van der Waals surface area (Å²) >= 11 is 0. The van der Waals surface area contributed by atoms with Gasteiger partial charge in [0.05, 0.1) is 0 Å². The van der Waals surface area contributed by atoms with E-state index in [1.807, 2.05) is 20.8 Å². The van der Waals surface area contributed by atoms with E-state index < -0.39 is 5.92 Å². The highest BCUT2D eigenvalue weighted by Gasteiger charge is 2.35. The van der Waals surface area contributed by atoms with Crippen molar-refractivity contribution in [2.45, 2.75) is 64.3 Å². The fourth-order valence-electron chi connectivity index (χ4n) is 2.04. The molecule has 16 heavy (non-hydrogen) atoms. The van der Waals surface area contributed by atoms with Crippen LogP contribution in [0.15, 0.2) is 0 Å². The van der Waals surface area contributed by atoms with Crippen molar-refractivity contribution in [3.05, 3.63) is 0 Å². The van der Waals surface area contributed by atoms with Gasteiger partial charge in [-0.3, -0.25) is 4.79 Å². The van der Waals surface area contributed by atoms with Gasteiger partial charge in [-0.05, 0) is 39.5 Å². The maximum Gasteiger partial charge on any atom is 0.248 e. The van der Waals surface area contributed by atoms with E-state index in [-0.39, 0.29) is 30.2 Å². The predicted octanol–water partition coefficient (Wildman–Crippen LogP) is 3.12. The number of rotatable bonds is 2. The molecule has 0 aromatic heterocycles. The molecule has 1 aliphatic rings. The smallest absolute Gasteiger partial charge is 0.248 e. The molecule has 0 aliphatic heterocycles. The molecule has 0 unspecified atom stereocenters. The first kappa shape index (κ1) is 13.4. The van der Waals surface area contributed by atoms with Crippen LogP contribution in [-0.4, -0.2) is 17.4 Å². The van der Waals surface area contributed by atoms with Gasteiger partial charge in [-0.25, -0.2) is 8.78 Å².